The monoisotopic (exact) mass is 619 g/mol. The van der Waals surface area contributed by atoms with E-state index < -0.39 is 0 Å². The molecule has 1 aromatic carbocycles. The summed E-state index contributed by atoms with van der Waals surface area (Å²) < 4.78 is 2.59. The summed E-state index contributed by atoms with van der Waals surface area (Å²) in [6.07, 6.45) is 39.6. The fourth-order valence-electron chi connectivity index (χ4n) is 10.1. The van der Waals surface area contributed by atoms with Gasteiger partial charge in [-0.2, -0.15) is 0 Å². The molecule has 0 bridgehead atoms. The predicted molar refractivity (Wildman–Crippen MR) is 197 cm³/mol. The number of nitrogens with one attached hydrogen (secondary N) is 2. The van der Waals surface area contributed by atoms with Gasteiger partial charge in [0.25, 0.3) is 0 Å². The summed E-state index contributed by atoms with van der Waals surface area (Å²) in [5, 5.41) is 9.27. The molecule has 47 heavy (non-hydrogen) atoms. The first kappa shape index (κ1) is 29.3. The smallest absolute Gasteiger partial charge is 0.103 e. The Kier molecular flexibility index (Phi) is 7.12. The Balaban J connectivity index is 1.07. The summed E-state index contributed by atoms with van der Waals surface area (Å²) in [5.74, 6) is 2.93. The van der Waals surface area contributed by atoms with E-state index in [-0.39, 0.29) is 17.6 Å². The highest BCUT2D eigenvalue weighted by atomic mass is 15.2. The molecule has 1 saturated carbocycles. The highest BCUT2D eigenvalue weighted by Crippen LogP contribution is 2.62. The minimum absolute atomic E-state index is 0.128. The first-order chi connectivity index (χ1) is 23.0. The molecular weight excluding hydrogens is 571 g/mol. The number of allylic oxidation sites excluding steroid dienone is 11. The maximum absolute atomic E-state index is 3.93. The van der Waals surface area contributed by atoms with Crippen LogP contribution in [0.15, 0.2) is 120 Å². The van der Waals surface area contributed by atoms with Crippen LogP contribution >= 0.6 is 0 Å². The Bertz CT molecular complexity index is 1890. The third-order valence-electron chi connectivity index (χ3n) is 12.6. The molecule has 7 aliphatic rings. The second kappa shape index (κ2) is 11.4. The molecule has 240 valence electrons. The van der Waals surface area contributed by atoms with Crippen LogP contribution in [0.25, 0.3) is 22.7 Å². The van der Waals surface area contributed by atoms with Crippen LogP contribution in [0.5, 0.6) is 0 Å². The van der Waals surface area contributed by atoms with E-state index in [1.54, 1.807) is 11.1 Å². The van der Waals surface area contributed by atoms with Crippen LogP contribution in [0.4, 0.5) is 0 Å². The van der Waals surface area contributed by atoms with E-state index in [2.05, 4.69) is 139 Å². The van der Waals surface area contributed by atoms with Crippen molar-refractivity contribution >= 4 is 22.7 Å². The molecule has 0 radical (unpaired) electrons. The van der Waals surface area contributed by atoms with Gasteiger partial charge in [0.2, 0.25) is 0 Å². The maximum Gasteiger partial charge on any atom is 0.103 e. The van der Waals surface area contributed by atoms with Crippen LogP contribution in [0.1, 0.15) is 70.6 Å². The van der Waals surface area contributed by atoms with Crippen LogP contribution in [0.2, 0.25) is 0 Å². The summed E-state index contributed by atoms with van der Waals surface area (Å²) >= 11 is 0. The molecule has 9 rings (SSSR count). The lowest BCUT2D eigenvalue weighted by Gasteiger charge is -2.37. The molecule has 7 atom stereocenters. The zero-order chi connectivity index (χ0) is 31.7. The lowest BCUT2D eigenvalue weighted by atomic mass is 9.69. The van der Waals surface area contributed by atoms with Gasteiger partial charge in [-0.05, 0) is 115 Å². The largest absolute Gasteiger partial charge is 0.369 e. The number of hydrogen-bond acceptors (Lipinski definition) is 2. The molecule has 0 saturated heterocycles. The fourth-order valence-corrected chi connectivity index (χ4v) is 10.1. The first-order valence-corrected chi connectivity index (χ1v) is 18.3. The van der Waals surface area contributed by atoms with Crippen LogP contribution in [0, 0.1) is 35.0 Å². The number of aromatic nitrogens is 1. The van der Waals surface area contributed by atoms with Gasteiger partial charge in [-0.15, -0.1) is 0 Å². The molecule has 7 unspecified atom stereocenters. The Hall–Kier alpha value is -3.82. The van der Waals surface area contributed by atoms with Crippen molar-refractivity contribution in [3.05, 3.63) is 131 Å². The Morgan fingerprint density at radius 1 is 0.851 bits per heavy atom. The second-order valence-corrected chi connectivity index (χ2v) is 15.7. The number of fused-ring (bicyclic) bond motifs is 6. The SMILES string of the molecule is CC1CC=CC2C1C1=Cc3c(c4ccccc4n3C3=CCC(C4=CC(C5=CCCC=C5)NC(C5=CCCC=C5)N4)C=C3)CC1C2(C)C. The van der Waals surface area contributed by atoms with Gasteiger partial charge in [-0.3, -0.25) is 5.32 Å². The van der Waals surface area contributed by atoms with E-state index in [1.165, 1.54) is 45.6 Å². The molecule has 2 heterocycles. The first-order valence-electron chi connectivity index (χ1n) is 18.3. The van der Waals surface area contributed by atoms with Gasteiger partial charge in [0.1, 0.15) is 6.17 Å². The minimum Gasteiger partial charge on any atom is -0.369 e. The second-order valence-electron chi connectivity index (χ2n) is 15.7. The number of benzene rings is 1. The van der Waals surface area contributed by atoms with Gasteiger partial charge in [0.15, 0.2) is 0 Å². The van der Waals surface area contributed by atoms with Crippen LogP contribution in [-0.4, -0.2) is 16.8 Å². The maximum atomic E-state index is 3.93. The van der Waals surface area contributed by atoms with Gasteiger partial charge in [-0.25, -0.2) is 0 Å². The van der Waals surface area contributed by atoms with Crippen molar-refractivity contribution in [2.75, 3.05) is 0 Å². The van der Waals surface area contributed by atoms with Gasteiger partial charge < -0.3 is 9.88 Å². The zero-order valence-corrected chi connectivity index (χ0v) is 28.3. The van der Waals surface area contributed by atoms with Crippen molar-refractivity contribution < 1.29 is 0 Å². The van der Waals surface area contributed by atoms with E-state index in [4.69, 9.17) is 0 Å². The van der Waals surface area contributed by atoms with Gasteiger partial charge in [-0.1, -0.05) is 105 Å². The van der Waals surface area contributed by atoms with E-state index in [0.717, 1.165) is 38.5 Å². The fraction of sp³-hybridized carbons (Fsp3) is 0.409. The quantitative estimate of drug-likeness (QED) is 0.334. The van der Waals surface area contributed by atoms with Crippen molar-refractivity contribution in [2.45, 2.75) is 77.9 Å². The number of nitrogens with zero attached hydrogens (tertiary/aromatic N) is 1. The van der Waals surface area contributed by atoms with Crippen molar-refractivity contribution in [3.63, 3.8) is 0 Å². The average Bonchev–Trinajstić information content (AvgIpc) is 3.56. The highest BCUT2D eigenvalue weighted by Gasteiger charge is 2.54. The molecule has 3 nitrogen and oxygen atoms in total. The normalized spacial score (nSPS) is 33.6. The standard InChI is InChI=1S/C44H49N3/c1-28-13-12-19-36-42(28)35-26-41-34(25-37(35)44(36,2)3)33-18-10-11-20-40(33)47(41)32-23-21-30(22-24-32)39-27-38(29-14-6-4-7-15-29)45-43(46-39)31-16-8-5-9-17-31/h6,8,10-12,14-21,23-24,26-28,30,36-38,42-43,45-46H,4-5,7,9,13,22,25H2,1-3H3. The van der Waals surface area contributed by atoms with Crippen molar-refractivity contribution in [1.29, 1.82) is 0 Å². The summed E-state index contributed by atoms with van der Waals surface area (Å²) in [6, 6.07) is 9.37. The van der Waals surface area contributed by atoms with Gasteiger partial charge >= 0.3 is 0 Å². The number of rotatable bonds is 4. The molecule has 1 fully saturated rings. The van der Waals surface area contributed by atoms with Gasteiger partial charge in [0, 0.05) is 28.4 Å². The molecular formula is C44H49N3. The van der Waals surface area contributed by atoms with Crippen LogP contribution in [0.3, 0.4) is 0 Å². The third kappa shape index (κ3) is 4.79. The average molecular weight is 620 g/mol. The van der Waals surface area contributed by atoms with Gasteiger partial charge in [0.05, 0.1) is 11.6 Å². The molecule has 0 spiro atoms. The minimum atomic E-state index is 0.128. The molecule has 0 amide bonds. The Labute approximate surface area is 281 Å². The summed E-state index contributed by atoms with van der Waals surface area (Å²) in [7, 11) is 0. The van der Waals surface area contributed by atoms with E-state index in [0.29, 0.717) is 29.6 Å². The summed E-state index contributed by atoms with van der Waals surface area (Å²) in [6.45, 7) is 7.56. The highest BCUT2D eigenvalue weighted by molar-refractivity contribution is 5.93. The predicted octanol–water partition coefficient (Wildman–Crippen LogP) is 9.81. The van der Waals surface area contributed by atoms with Crippen LogP contribution < -0.4 is 10.6 Å². The Morgan fingerprint density at radius 2 is 1.66 bits per heavy atom. The van der Waals surface area contributed by atoms with E-state index >= 15 is 0 Å². The van der Waals surface area contributed by atoms with E-state index in [9.17, 15) is 0 Å². The molecule has 1 aliphatic heterocycles. The molecule has 2 aromatic rings. The zero-order valence-electron chi connectivity index (χ0n) is 28.3. The molecule has 6 aliphatic carbocycles. The molecule has 3 heteroatoms. The van der Waals surface area contributed by atoms with Crippen molar-refractivity contribution in [3.8, 4) is 0 Å². The summed E-state index contributed by atoms with van der Waals surface area (Å²) in [5.41, 5.74) is 11.7. The topological polar surface area (TPSA) is 29.0 Å². The lowest BCUT2D eigenvalue weighted by molar-refractivity contribution is 0.184. The molecule has 1 aromatic heterocycles. The van der Waals surface area contributed by atoms with Crippen molar-refractivity contribution in [2.24, 2.45) is 35.0 Å². The number of hydrogen-bond donors (Lipinski definition) is 2. The number of para-hydroxylation sites is 1. The molecule has 2 N–H and O–H groups in total. The van der Waals surface area contributed by atoms with Crippen molar-refractivity contribution in [1.82, 2.24) is 15.2 Å². The Morgan fingerprint density at radius 3 is 2.43 bits per heavy atom. The summed E-state index contributed by atoms with van der Waals surface area (Å²) in [4.78, 5) is 0. The van der Waals surface area contributed by atoms with E-state index in [1.807, 2.05) is 0 Å². The third-order valence-corrected chi connectivity index (χ3v) is 12.6. The van der Waals surface area contributed by atoms with Crippen LogP contribution in [-0.2, 0) is 6.42 Å². The lowest BCUT2D eigenvalue weighted by Crippen LogP contribution is -2.53.